The van der Waals surface area contributed by atoms with Crippen molar-refractivity contribution in [2.24, 2.45) is 0 Å². The Morgan fingerprint density at radius 3 is 1.05 bits per heavy atom. The van der Waals surface area contributed by atoms with Crippen LogP contribution in [0.3, 0.4) is 0 Å². The van der Waals surface area contributed by atoms with Crippen molar-refractivity contribution in [1.82, 2.24) is 8.80 Å². The van der Waals surface area contributed by atoms with Crippen molar-refractivity contribution in [1.29, 1.82) is 0 Å². The lowest BCUT2D eigenvalue weighted by Gasteiger charge is -2.29. The van der Waals surface area contributed by atoms with Gasteiger partial charge in [0.25, 0.3) is 0 Å². The molecule has 0 aliphatic carbocycles. The number of hydrogen-bond acceptors (Lipinski definition) is 2. The smallest absolute Gasteiger partial charge is 0.0641 e. The molecular formula is C72H54N4. The van der Waals surface area contributed by atoms with E-state index in [-0.39, 0.29) is 0 Å². The van der Waals surface area contributed by atoms with Crippen LogP contribution in [0.25, 0.3) is 98.4 Å². The topological polar surface area (TPSA) is 15.3 Å². The quantitative estimate of drug-likeness (QED) is 0.136. The largest absolute Gasteiger partial charge is 0.309 e. The summed E-state index contributed by atoms with van der Waals surface area (Å²) in [5, 5.41) is 9.97. The number of para-hydroxylation sites is 4. The van der Waals surface area contributed by atoms with E-state index in [2.05, 4.69) is 289 Å². The van der Waals surface area contributed by atoms with Gasteiger partial charge in [0.05, 0.1) is 55.8 Å². The van der Waals surface area contributed by atoms with Crippen LogP contribution in [0.15, 0.2) is 243 Å². The summed E-state index contributed by atoms with van der Waals surface area (Å²) < 4.78 is 5.12. The number of aromatic nitrogens is 2. The predicted molar refractivity (Wildman–Crippen MR) is 324 cm³/mol. The molecule has 0 aliphatic heterocycles. The second-order valence-electron chi connectivity index (χ2n) is 21.2. The Kier molecular flexibility index (Phi) is 9.93. The minimum atomic E-state index is 0.358. The molecule has 15 rings (SSSR count). The molecule has 0 atom stereocenters. The Morgan fingerprint density at radius 1 is 0.289 bits per heavy atom. The molecule has 0 fully saturated rings. The van der Waals surface area contributed by atoms with Crippen molar-refractivity contribution in [3.63, 3.8) is 0 Å². The van der Waals surface area contributed by atoms with Crippen LogP contribution < -0.4 is 9.80 Å². The molecular weight excluding hydrogens is 921 g/mol. The number of anilines is 6. The van der Waals surface area contributed by atoms with Crippen molar-refractivity contribution < 1.29 is 0 Å². The Labute approximate surface area is 442 Å². The molecule has 4 heterocycles. The first-order valence-electron chi connectivity index (χ1n) is 26.8. The van der Waals surface area contributed by atoms with Gasteiger partial charge in [-0.05, 0) is 107 Å². The van der Waals surface area contributed by atoms with Crippen LogP contribution in [0, 0.1) is 0 Å². The number of fused-ring (bicyclic) bond motifs is 12. The van der Waals surface area contributed by atoms with Gasteiger partial charge in [-0.1, -0.05) is 198 Å². The summed E-state index contributed by atoms with van der Waals surface area (Å²) in [5.74, 6) is 0.716. The third-order valence-electron chi connectivity index (χ3n) is 16.3. The molecule has 15 aromatic rings. The molecule has 0 saturated heterocycles. The van der Waals surface area contributed by atoms with E-state index in [9.17, 15) is 0 Å². The van der Waals surface area contributed by atoms with Crippen molar-refractivity contribution >= 4 is 110 Å². The molecule has 0 aliphatic rings. The van der Waals surface area contributed by atoms with Crippen molar-refractivity contribution in [3.05, 3.63) is 254 Å². The highest BCUT2D eigenvalue weighted by Crippen LogP contribution is 2.53. The summed E-state index contributed by atoms with van der Waals surface area (Å²) >= 11 is 0. The number of benzene rings is 11. The maximum atomic E-state index is 2.56. The van der Waals surface area contributed by atoms with E-state index < -0.39 is 0 Å². The molecule has 362 valence electrons. The second kappa shape index (κ2) is 17.1. The van der Waals surface area contributed by atoms with Crippen molar-refractivity contribution in [3.8, 4) is 22.3 Å². The van der Waals surface area contributed by atoms with Gasteiger partial charge in [0.2, 0.25) is 0 Å². The summed E-state index contributed by atoms with van der Waals surface area (Å²) in [6, 6.07) is 90.4. The number of hydrogen-bond donors (Lipinski definition) is 0. The molecule has 0 amide bonds. The van der Waals surface area contributed by atoms with Crippen LogP contribution in [-0.2, 0) is 0 Å². The first-order valence-corrected chi connectivity index (χ1v) is 26.8. The molecule has 4 aromatic heterocycles. The molecule has 0 saturated carbocycles. The normalized spacial score (nSPS) is 12.2. The Morgan fingerprint density at radius 2 is 0.658 bits per heavy atom. The van der Waals surface area contributed by atoms with Gasteiger partial charge < -0.3 is 18.6 Å². The Balaban J connectivity index is 1.01. The fraction of sp³-hybridized carbons (Fsp3) is 0.0833. The maximum absolute atomic E-state index is 2.56. The lowest BCUT2D eigenvalue weighted by atomic mass is 9.95. The summed E-state index contributed by atoms with van der Waals surface area (Å²) in [7, 11) is 0. The van der Waals surface area contributed by atoms with E-state index in [1.807, 2.05) is 0 Å². The van der Waals surface area contributed by atoms with E-state index in [0.29, 0.717) is 11.8 Å². The van der Waals surface area contributed by atoms with Gasteiger partial charge in [-0.3, -0.25) is 0 Å². The van der Waals surface area contributed by atoms with Gasteiger partial charge in [-0.25, -0.2) is 0 Å². The van der Waals surface area contributed by atoms with E-state index in [1.165, 1.54) is 121 Å². The van der Waals surface area contributed by atoms with E-state index in [0.717, 1.165) is 22.7 Å². The highest BCUT2D eigenvalue weighted by molar-refractivity contribution is 6.32. The Hall–Kier alpha value is -9.38. The minimum absolute atomic E-state index is 0.358. The average molecular weight is 975 g/mol. The zero-order valence-corrected chi connectivity index (χ0v) is 43.0. The predicted octanol–water partition coefficient (Wildman–Crippen LogP) is 20.5. The van der Waals surface area contributed by atoms with Gasteiger partial charge in [0.15, 0.2) is 0 Å². The average Bonchev–Trinajstić information content (AvgIpc) is 4.41. The Bertz CT molecular complexity index is 4380. The van der Waals surface area contributed by atoms with E-state index in [4.69, 9.17) is 0 Å². The minimum Gasteiger partial charge on any atom is -0.309 e. The van der Waals surface area contributed by atoms with Crippen molar-refractivity contribution in [2.75, 3.05) is 9.80 Å². The molecule has 76 heavy (non-hydrogen) atoms. The number of rotatable bonds is 10. The molecule has 4 heteroatoms. The lowest BCUT2D eigenvalue weighted by molar-refractivity contribution is 0.866. The SMILES string of the molecule is CC(C)c1ccc(-c2ccccc2)c(N(c2ccccc2)c2ccc3c4cc5c(cc4n4c6ccccc6c2c34)c2ccc(N(c3ccccc3)c3cc(C(C)C)ccc3-c3ccccc3)c3c4ccccc4n5c23)c1. The molecule has 4 nitrogen and oxygen atoms in total. The van der Waals surface area contributed by atoms with Crippen LogP contribution >= 0.6 is 0 Å². The van der Waals surface area contributed by atoms with Crippen LogP contribution in [-0.4, -0.2) is 8.80 Å². The summed E-state index contributed by atoms with van der Waals surface area (Å²) in [4.78, 5) is 5.04. The molecule has 0 N–H and O–H groups in total. The maximum Gasteiger partial charge on any atom is 0.0641 e. The van der Waals surface area contributed by atoms with Crippen LogP contribution in [0.5, 0.6) is 0 Å². The third kappa shape index (κ3) is 6.50. The fourth-order valence-corrected chi connectivity index (χ4v) is 12.7. The van der Waals surface area contributed by atoms with Crippen LogP contribution in [0.2, 0.25) is 0 Å². The molecule has 0 spiro atoms. The zero-order valence-electron chi connectivity index (χ0n) is 43.0. The molecule has 0 bridgehead atoms. The van der Waals surface area contributed by atoms with Gasteiger partial charge in [0, 0.05) is 65.6 Å². The highest BCUT2D eigenvalue weighted by Gasteiger charge is 2.29. The molecule has 0 radical (unpaired) electrons. The van der Waals surface area contributed by atoms with E-state index >= 15 is 0 Å². The highest BCUT2D eigenvalue weighted by atomic mass is 15.2. The van der Waals surface area contributed by atoms with Gasteiger partial charge in [-0.2, -0.15) is 0 Å². The number of nitrogens with zero attached hydrogens (tertiary/aromatic N) is 4. The second-order valence-corrected chi connectivity index (χ2v) is 21.2. The summed E-state index contributed by atoms with van der Waals surface area (Å²) in [6.07, 6.45) is 0. The van der Waals surface area contributed by atoms with Crippen molar-refractivity contribution in [2.45, 2.75) is 39.5 Å². The monoisotopic (exact) mass is 974 g/mol. The van der Waals surface area contributed by atoms with Gasteiger partial charge >= 0.3 is 0 Å². The fourth-order valence-electron chi connectivity index (χ4n) is 12.7. The van der Waals surface area contributed by atoms with Gasteiger partial charge in [0.1, 0.15) is 0 Å². The van der Waals surface area contributed by atoms with E-state index in [1.54, 1.807) is 0 Å². The summed E-state index contributed by atoms with van der Waals surface area (Å²) in [5.41, 5.74) is 21.6. The third-order valence-corrected chi connectivity index (χ3v) is 16.3. The zero-order chi connectivity index (χ0) is 50.8. The molecule has 0 unspecified atom stereocenters. The van der Waals surface area contributed by atoms with Crippen LogP contribution in [0.4, 0.5) is 34.1 Å². The lowest BCUT2D eigenvalue weighted by Crippen LogP contribution is -2.12. The molecule has 11 aromatic carbocycles. The first kappa shape index (κ1) is 44.1. The standard InChI is InChI=1S/C72H54N4/c1-45(2)49-33-35-53(47-21-9-5-10-22-47)65(41-49)73(51-25-13-7-14-26-51)63-39-37-55-59-43-68-60(44-67(59)75-61-31-19-17-29-57(61)69(63)71(55)75)56-38-40-64(70-58-30-18-20-32-62(58)76(68)72(56)70)74(52-27-15-8-16-28-52)66-42-50(46(3)4)34-36-54(66)48-23-11-6-12-24-48/h5-46H,1-4H3. The van der Waals surface area contributed by atoms with Crippen LogP contribution in [0.1, 0.15) is 50.7 Å². The van der Waals surface area contributed by atoms with Gasteiger partial charge in [-0.15, -0.1) is 0 Å². The summed E-state index contributed by atoms with van der Waals surface area (Å²) in [6.45, 7) is 9.16. The first-order chi connectivity index (χ1) is 37.4.